The van der Waals surface area contributed by atoms with Gasteiger partial charge in [0.15, 0.2) is 5.84 Å². The number of amides is 1. The first-order chi connectivity index (χ1) is 16.0. The molecule has 2 aliphatic rings. The highest BCUT2D eigenvalue weighted by atomic mass is 35.5. The number of halogens is 1. The molecule has 0 atom stereocenters. The van der Waals surface area contributed by atoms with Gasteiger partial charge in [0.05, 0.1) is 5.57 Å². The first-order valence-corrected chi connectivity index (χ1v) is 11.2. The molecule has 0 saturated carbocycles. The zero-order valence-corrected chi connectivity index (χ0v) is 19.0. The fourth-order valence-corrected chi connectivity index (χ4v) is 4.20. The van der Waals surface area contributed by atoms with Crippen molar-refractivity contribution in [2.45, 2.75) is 6.92 Å². The predicted octanol–water partition coefficient (Wildman–Crippen LogP) is 5.61. The second-order valence-electron chi connectivity index (χ2n) is 7.28. The molecule has 3 heterocycles. The number of aliphatic imine (C=N–C) groups is 1. The normalized spacial score (nSPS) is 16.7. The van der Waals surface area contributed by atoms with E-state index >= 15 is 0 Å². The van der Waals surface area contributed by atoms with Gasteiger partial charge >= 0.3 is 0 Å². The number of thioether (sulfide) groups is 1. The molecule has 3 aromatic rings. The van der Waals surface area contributed by atoms with Crippen LogP contribution in [0.1, 0.15) is 11.3 Å². The molecule has 9 heteroatoms. The Labute approximate surface area is 198 Å². The van der Waals surface area contributed by atoms with Gasteiger partial charge < -0.3 is 9.15 Å². The van der Waals surface area contributed by atoms with Crippen molar-refractivity contribution in [3.63, 3.8) is 0 Å². The number of amidine groups is 2. The summed E-state index contributed by atoms with van der Waals surface area (Å²) in [4.78, 5) is 16.7. The third-order valence-electron chi connectivity index (χ3n) is 4.97. The topological polar surface area (TPSA) is 91.3 Å². The van der Waals surface area contributed by atoms with Crippen LogP contribution in [0.15, 0.2) is 80.7 Å². The summed E-state index contributed by atoms with van der Waals surface area (Å²) in [6.07, 6.45) is 1.50. The number of nitrogens with zero attached hydrogens (tertiary/aromatic N) is 3. The maximum absolute atomic E-state index is 12.6. The maximum Gasteiger partial charge on any atom is 0.283 e. The SMILES string of the molecule is Cc1ccc(-c2ccc(C=C3C(=N)N4N=C(COc5ccccc5)SC4=NC3=O)o2)cc1Cl. The second kappa shape index (κ2) is 8.73. The number of hydrogen-bond acceptors (Lipinski definition) is 6. The van der Waals surface area contributed by atoms with Crippen molar-refractivity contribution < 1.29 is 13.9 Å². The molecule has 0 radical (unpaired) electrons. The minimum atomic E-state index is -0.518. The lowest BCUT2D eigenvalue weighted by Gasteiger charge is -2.19. The van der Waals surface area contributed by atoms with Gasteiger partial charge in [0, 0.05) is 10.6 Å². The molecule has 5 rings (SSSR count). The number of nitrogens with one attached hydrogen (secondary N) is 1. The Morgan fingerprint density at radius 3 is 2.79 bits per heavy atom. The minimum Gasteiger partial charge on any atom is -0.487 e. The van der Waals surface area contributed by atoms with Gasteiger partial charge in [-0.1, -0.05) is 41.9 Å². The van der Waals surface area contributed by atoms with E-state index in [1.165, 1.54) is 22.8 Å². The van der Waals surface area contributed by atoms with Crippen LogP contribution in [0.5, 0.6) is 5.75 Å². The van der Waals surface area contributed by atoms with Crippen molar-refractivity contribution in [1.82, 2.24) is 5.01 Å². The highest BCUT2D eigenvalue weighted by molar-refractivity contribution is 8.27. The molecule has 0 unspecified atom stereocenters. The zero-order chi connectivity index (χ0) is 22.9. The third-order valence-corrected chi connectivity index (χ3v) is 6.26. The average Bonchev–Trinajstić information content (AvgIpc) is 3.45. The number of carbonyl (C=O) groups is 1. The first-order valence-electron chi connectivity index (χ1n) is 10.0. The molecule has 1 N–H and O–H groups in total. The summed E-state index contributed by atoms with van der Waals surface area (Å²) in [6, 6.07) is 18.5. The number of hydrazone groups is 1. The van der Waals surface area contributed by atoms with Gasteiger partial charge in [-0.05, 0) is 60.7 Å². The molecule has 0 spiro atoms. The molecular weight excluding hydrogens is 460 g/mol. The Kier molecular flexibility index (Phi) is 5.62. The van der Waals surface area contributed by atoms with Gasteiger partial charge in [-0.25, -0.2) is 0 Å². The number of rotatable bonds is 5. The number of furan rings is 1. The summed E-state index contributed by atoms with van der Waals surface area (Å²) in [5.41, 5.74) is 1.89. The van der Waals surface area contributed by atoms with Crippen LogP contribution < -0.4 is 4.74 Å². The molecule has 164 valence electrons. The highest BCUT2D eigenvalue weighted by Gasteiger charge is 2.36. The fraction of sp³-hybridized carbons (Fsp3) is 0.0833. The van der Waals surface area contributed by atoms with Gasteiger partial charge in [-0.3, -0.25) is 10.2 Å². The summed E-state index contributed by atoms with van der Waals surface area (Å²) in [5.74, 6) is 1.16. The molecule has 7 nitrogen and oxygen atoms in total. The van der Waals surface area contributed by atoms with Crippen LogP contribution in [0, 0.1) is 12.3 Å². The van der Waals surface area contributed by atoms with Crippen molar-refractivity contribution in [1.29, 1.82) is 5.41 Å². The minimum absolute atomic E-state index is 0.0662. The molecule has 0 saturated heterocycles. The van der Waals surface area contributed by atoms with Crippen LogP contribution in [0.3, 0.4) is 0 Å². The zero-order valence-electron chi connectivity index (χ0n) is 17.4. The van der Waals surface area contributed by atoms with Crippen LogP contribution in [0.4, 0.5) is 0 Å². The van der Waals surface area contributed by atoms with E-state index in [2.05, 4.69) is 10.1 Å². The van der Waals surface area contributed by atoms with Gasteiger partial charge in [0.25, 0.3) is 5.91 Å². The molecule has 2 aliphatic heterocycles. The Balaban J connectivity index is 1.35. The van der Waals surface area contributed by atoms with E-state index in [4.69, 9.17) is 26.2 Å². The van der Waals surface area contributed by atoms with E-state index in [9.17, 15) is 4.79 Å². The molecular formula is C24H17ClN4O3S. The summed E-state index contributed by atoms with van der Waals surface area (Å²) < 4.78 is 11.6. The van der Waals surface area contributed by atoms with E-state index in [0.717, 1.165) is 11.1 Å². The Morgan fingerprint density at radius 1 is 1.18 bits per heavy atom. The first kappa shape index (κ1) is 21.2. The monoisotopic (exact) mass is 476 g/mol. The Bertz CT molecular complexity index is 1360. The lowest BCUT2D eigenvalue weighted by molar-refractivity contribution is -0.114. The molecule has 0 bridgehead atoms. The molecule has 1 amide bonds. The van der Waals surface area contributed by atoms with Crippen molar-refractivity contribution >= 4 is 51.4 Å². The molecule has 2 aromatic carbocycles. The number of benzene rings is 2. The van der Waals surface area contributed by atoms with Crippen molar-refractivity contribution in [3.05, 3.63) is 82.6 Å². The van der Waals surface area contributed by atoms with Gasteiger partial charge in [-0.15, -0.1) is 0 Å². The van der Waals surface area contributed by atoms with Gasteiger partial charge in [-0.2, -0.15) is 15.1 Å². The van der Waals surface area contributed by atoms with E-state index in [0.29, 0.717) is 32.5 Å². The van der Waals surface area contributed by atoms with Crippen LogP contribution in [-0.2, 0) is 4.79 Å². The summed E-state index contributed by atoms with van der Waals surface area (Å²) in [7, 11) is 0. The quantitative estimate of drug-likeness (QED) is 0.483. The molecule has 0 fully saturated rings. The second-order valence-corrected chi connectivity index (χ2v) is 8.73. The molecule has 33 heavy (non-hydrogen) atoms. The van der Waals surface area contributed by atoms with Crippen LogP contribution in [-0.4, -0.2) is 33.6 Å². The number of carbonyl (C=O) groups excluding carboxylic acids is 1. The summed E-state index contributed by atoms with van der Waals surface area (Å²) in [5, 5.41) is 15.8. The number of hydrogen-bond donors (Lipinski definition) is 1. The highest BCUT2D eigenvalue weighted by Crippen LogP contribution is 2.31. The summed E-state index contributed by atoms with van der Waals surface area (Å²) >= 11 is 7.42. The van der Waals surface area contributed by atoms with Gasteiger partial charge in [0.1, 0.15) is 28.9 Å². The van der Waals surface area contributed by atoms with E-state index in [-0.39, 0.29) is 18.0 Å². The molecule has 1 aromatic heterocycles. The van der Waals surface area contributed by atoms with Crippen LogP contribution in [0.2, 0.25) is 5.02 Å². The molecule has 0 aliphatic carbocycles. The summed E-state index contributed by atoms with van der Waals surface area (Å²) in [6.45, 7) is 2.14. The Hall–Kier alpha value is -3.62. The van der Waals surface area contributed by atoms with E-state index in [1.54, 1.807) is 12.1 Å². The lowest BCUT2D eigenvalue weighted by atomic mass is 10.1. The largest absolute Gasteiger partial charge is 0.487 e. The fourth-order valence-electron chi connectivity index (χ4n) is 3.23. The van der Waals surface area contributed by atoms with E-state index in [1.807, 2.05) is 55.5 Å². The van der Waals surface area contributed by atoms with E-state index < -0.39 is 5.91 Å². The van der Waals surface area contributed by atoms with Crippen LogP contribution in [0.25, 0.3) is 17.4 Å². The smallest absolute Gasteiger partial charge is 0.283 e. The van der Waals surface area contributed by atoms with Crippen molar-refractivity contribution in [2.24, 2.45) is 10.1 Å². The van der Waals surface area contributed by atoms with Crippen LogP contribution >= 0.6 is 23.4 Å². The predicted molar refractivity (Wildman–Crippen MR) is 131 cm³/mol. The lowest BCUT2D eigenvalue weighted by Crippen LogP contribution is -2.35. The third kappa shape index (κ3) is 4.35. The standard InChI is InChI=1S/C24H17ClN4O3S/c1-14-7-8-15(11-19(14)25)20-10-9-17(32-20)12-18-22(26)29-24(27-23(18)30)33-21(28-29)13-31-16-5-3-2-4-6-16/h2-12,26H,13H2,1H3. The number of aryl methyl sites for hydroxylation is 1. The van der Waals surface area contributed by atoms with Gasteiger partial charge in [0.2, 0.25) is 5.17 Å². The van der Waals surface area contributed by atoms with Crippen molar-refractivity contribution in [2.75, 3.05) is 6.61 Å². The maximum atomic E-state index is 12.6. The number of fused-ring (bicyclic) bond motifs is 1. The van der Waals surface area contributed by atoms with Crippen molar-refractivity contribution in [3.8, 4) is 17.1 Å². The average molecular weight is 477 g/mol. The number of ether oxygens (including phenoxy) is 1. The Morgan fingerprint density at radius 2 is 2.00 bits per heavy atom. The number of para-hydroxylation sites is 1.